The van der Waals surface area contributed by atoms with Crippen LogP contribution in [0.3, 0.4) is 0 Å². The Bertz CT molecular complexity index is 1160. The highest BCUT2D eigenvalue weighted by Crippen LogP contribution is 2.40. The van der Waals surface area contributed by atoms with Crippen molar-refractivity contribution in [1.29, 1.82) is 0 Å². The average molecular weight is 488 g/mol. The summed E-state index contributed by atoms with van der Waals surface area (Å²) in [6.07, 6.45) is 3.84. The summed E-state index contributed by atoms with van der Waals surface area (Å²) in [6, 6.07) is 29.7. The third kappa shape index (κ3) is 4.98. The van der Waals surface area contributed by atoms with Gasteiger partial charge in [-0.2, -0.15) is 0 Å². The van der Waals surface area contributed by atoms with E-state index in [4.69, 9.17) is 16.3 Å². The van der Waals surface area contributed by atoms with E-state index in [1.807, 2.05) is 60.8 Å². The van der Waals surface area contributed by atoms with Gasteiger partial charge in [0.25, 0.3) is 0 Å². The van der Waals surface area contributed by atoms with Gasteiger partial charge in [-0.05, 0) is 16.7 Å². The Kier molecular flexibility index (Phi) is 7.63. The Balaban J connectivity index is 1.86. The number of hydrogen-bond acceptors (Lipinski definition) is 4. The summed E-state index contributed by atoms with van der Waals surface area (Å²) in [5.41, 5.74) is 3.08. The highest BCUT2D eigenvalue weighted by molar-refractivity contribution is 6.27. The van der Waals surface area contributed by atoms with Crippen LogP contribution in [0.15, 0.2) is 104 Å². The number of alkyl halides is 1. The van der Waals surface area contributed by atoms with Gasteiger partial charge in [-0.15, -0.1) is 11.6 Å². The molecular weight excluding hydrogens is 462 g/mol. The van der Waals surface area contributed by atoms with Crippen molar-refractivity contribution < 1.29 is 14.3 Å². The monoisotopic (exact) mass is 487 g/mol. The molecule has 0 bridgehead atoms. The Hall–Kier alpha value is -3.90. The number of aromatic nitrogens is 2. The molecule has 0 aliphatic carbocycles. The van der Waals surface area contributed by atoms with E-state index in [1.165, 1.54) is 7.11 Å². The number of ether oxygens (including phenoxy) is 1. The topological polar surface area (TPSA) is 73.2 Å². The average Bonchev–Trinajstić information content (AvgIpc) is 3.38. The lowest BCUT2D eigenvalue weighted by Crippen LogP contribution is -2.43. The van der Waals surface area contributed by atoms with E-state index in [9.17, 15) is 9.59 Å². The molecule has 1 aromatic heterocycles. The fraction of sp³-hybridized carbons (Fsp3) is 0.179. The van der Waals surface area contributed by atoms with Gasteiger partial charge in [0, 0.05) is 12.6 Å². The molecule has 0 spiro atoms. The molecule has 0 aliphatic rings. The highest BCUT2D eigenvalue weighted by Gasteiger charge is 2.38. The third-order valence-electron chi connectivity index (χ3n) is 5.95. The first-order chi connectivity index (χ1) is 17.1. The van der Waals surface area contributed by atoms with Gasteiger partial charge in [-0.25, -0.2) is 9.78 Å². The van der Waals surface area contributed by atoms with Crippen LogP contribution >= 0.6 is 11.6 Å². The van der Waals surface area contributed by atoms with Crippen molar-refractivity contribution in [3.8, 4) is 0 Å². The van der Waals surface area contributed by atoms with Crippen LogP contribution in [0.1, 0.15) is 22.4 Å². The molecule has 0 saturated heterocycles. The maximum Gasteiger partial charge on any atom is 0.328 e. The molecule has 4 aromatic rings. The molecule has 1 N–H and O–H groups in total. The normalized spacial score (nSPS) is 12.1. The van der Waals surface area contributed by atoms with E-state index >= 15 is 0 Å². The summed E-state index contributed by atoms with van der Waals surface area (Å²) < 4.78 is 6.94. The molecule has 3 aromatic carbocycles. The third-order valence-corrected chi connectivity index (χ3v) is 6.20. The zero-order valence-electron chi connectivity index (χ0n) is 19.3. The zero-order valence-corrected chi connectivity index (χ0v) is 20.1. The maximum absolute atomic E-state index is 12.3. The molecule has 1 amide bonds. The molecule has 0 radical (unpaired) electrons. The predicted molar refractivity (Wildman–Crippen MR) is 135 cm³/mol. The summed E-state index contributed by atoms with van der Waals surface area (Å²) in [4.78, 5) is 28.8. The fourth-order valence-electron chi connectivity index (χ4n) is 4.42. The number of methoxy groups -OCH3 is 1. The summed E-state index contributed by atoms with van der Waals surface area (Å²) in [7, 11) is 1.28. The standard InChI is InChI=1S/C28H26ClN3O3/c1-35-27(34)25(31-26(33)18-29)17-24-19-32(20-30-24)28(21-11-5-2-6-12-21,22-13-7-3-8-14-22)23-15-9-4-10-16-23/h2-16,19-20,25H,17-18H2,1H3,(H,31,33). The predicted octanol–water partition coefficient (Wildman–Crippen LogP) is 4.16. The summed E-state index contributed by atoms with van der Waals surface area (Å²) >= 11 is 5.63. The number of nitrogens with zero attached hydrogens (tertiary/aromatic N) is 2. The Morgan fingerprint density at radius 3 is 1.83 bits per heavy atom. The lowest BCUT2D eigenvalue weighted by Gasteiger charge is -2.37. The molecule has 1 atom stereocenters. The number of halogens is 1. The molecule has 6 nitrogen and oxygen atoms in total. The largest absolute Gasteiger partial charge is 0.467 e. The van der Waals surface area contributed by atoms with E-state index in [0.717, 1.165) is 16.7 Å². The number of carbonyl (C=O) groups excluding carboxylic acids is 2. The van der Waals surface area contributed by atoms with E-state index in [-0.39, 0.29) is 12.3 Å². The van der Waals surface area contributed by atoms with Crippen molar-refractivity contribution in [2.75, 3.05) is 13.0 Å². The van der Waals surface area contributed by atoms with Crippen molar-refractivity contribution >= 4 is 23.5 Å². The molecule has 4 rings (SSSR count). The number of hydrogen-bond donors (Lipinski definition) is 1. The van der Waals surface area contributed by atoms with Crippen molar-refractivity contribution in [1.82, 2.24) is 14.9 Å². The molecule has 0 fully saturated rings. The van der Waals surface area contributed by atoms with Crippen LogP contribution in [0.25, 0.3) is 0 Å². The molecule has 178 valence electrons. The van der Waals surface area contributed by atoms with Crippen LogP contribution in [0.2, 0.25) is 0 Å². The molecule has 1 unspecified atom stereocenters. The van der Waals surface area contributed by atoms with E-state index in [1.54, 1.807) is 6.33 Å². The van der Waals surface area contributed by atoms with Gasteiger partial charge in [0.05, 0.1) is 19.1 Å². The van der Waals surface area contributed by atoms with E-state index in [2.05, 4.69) is 51.3 Å². The minimum Gasteiger partial charge on any atom is -0.467 e. The molecule has 0 saturated carbocycles. The Morgan fingerprint density at radius 1 is 0.914 bits per heavy atom. The minimum atomic E-state index is -0.894. The van der Waals surface area contributed by atoms with Gasteiger partial charge in [-0.1, -0.05) is 91.0 Å². The van der Waals surface area contributed by atoms with Crippen LogP contribution < -0.4 is 5.32 Å². The smallest absolute Gasteiger partial charge is 0.328 e. The minimum absolute atomic E-state index is 0.163. The Morgan fingerprint density at radius 2 is 1.40 bits per heavy atom. The second kappa shape index (κ2) is 11.0. The zero-order chi connectivity index (χ0) is 24.7. The second-order valence-electron chi connectivity index (χ2n) is 8.06. The lowest BCUT2D eigenvalue weighted by atomic mass is 9.77. The number of benzene rings is 3. The molecule has 0 aliphatic heterocycles. The first-order valence-corrected chi connectivity index (χ1v) is 11.8. The highest BCUT2D eigenvalue weighted by atomic mass is 35.5. The van der Waals surface area contributed by atoms with Crippen LogP contribution in [0.4, 0.5) is 0 Å². The van der Waals surface area contributed by atoms with Crippen molar-refractivity contribution in [3.05, 3.63) is 126 Å². The number of rotatable bonds is 9. The van der Waals surface area contributed by atoms with Gasteiger partial charge >= 0.3 is 5.97 Å². The number of amides is 1. The fourth-order valence-corrected chi connectivity index (χ4v) is 4.49. The van der Waals surface area contributed by atoms with Crippen molar-refractivity contribution in [2.24, 2.45) is 0 Å². The van der Waals surface area contributed by atoms with Crippen LogP contribution in [-0.2, 0) is 26.3 Å². The van der Waals surface area contributed by atoms with Crippen LogP contribution in [0, 0.1) is 0 Å². The van der Waals surface area contributed by atoms with Crippen molar-refractivity contribution in [3.63, 3.8) is 0 Å². The first kappa shape index (κ1) is 24.2. The summed E-state index contributed by atoms with van der Waals surface area (Å²) in [5, 5.41) is 2.61. The molecular formula is C28H26ClN3O3. The number of imidazole rings is 1. The molecule has 7 heteroatoms. The van der Waals surface area contributed by atoms with Gasteiger partial charge < -0.3 is 14.6 Å². The molecule has 1 heterocycles. The van der Waals surface area contributed by atoms with Crippen LogP contribution in [0.5, 0.6) is 0 Å². The molecule has 35 heavy (non-hydrogen) atoms. The number of nitrogens with one attached hydrogen (secondary N) is 1. The van der Waals surface area contributed by atoms with E-state index < -0.39 is 23.5 Å². The maximum atomic E-state index is 12.3. The Labute approximate surface area is 209 Å². The number of esters is 1. The van der Waals surface area contributed by atoms with Crippen molar-refractivity contribution in [2.45, 2.75) is 18.0 Å². The van der Waals surface area contributed by atoms with Gasteiger partial charge in [0.2, 0.25) is 5.91 Å². The SMILES string of the molecule is COC(=O)C(Cc1cn(C(c2ccccc2)(c2ccccc2)c2ccccc2)cn1)NC(=O)CCl. The van der Waals surface area contributed by atoms with Gasteiger partial charge in [-0.3, -0.25) is 4.79 Å². The van der Waals surface area contributed by atoms with Gasteiger partial charge in [0.1, 0.15) is 17.5 Å². The van der Waals surface area contributed by atoms with Crippen LogP contribution in [-0.4, -0.2) is 40.5 Å². The first-order valence-electron chi connectivity index (χ1n) is 11.2. The summed E-state index contributed by atoms with van der Waals surface area (Å²) in [5.74, 6) is -1.26. The lowest BCUT2D eigenvalue weighted by molar-refractivity contribution is -0.144. The quantitative estimate of drug-likeness (QED) is 0.218. The number of carbonyl (C=O) groups is 2. The second-order valence-corrected chi connectivity index (χ2v) is 8.33. The van der Waals surface area contributed by atoms with E-state index in [0.29, 0.717) is 5.69 Å². The van der Waals surface area contributed by atoms with Gasteiger partial charge in [0.15, 0.2) is 0 Å². The summed E-state index contributed by atoms with van der Waals surface area (Å²) in [6.45, 7) is 0.